The van der Waals surface area contributed by atoms with E-state index in [4.69, 9.17) is 9.47 Å². The van der Waals surface area contributed by atoms with Crippen LogP contribution in [-0.2, 0) is 14.3 Å². The first-order valence-electron chi connectivity index (χ1n) is 22.7. The molecule has 1 saturated heterocycles. The summed E-state index contributed by atoms with van der Waals surface area (Å²) in [5, 5.41) is 54.3. The lowest BCUT2D eigenvalue weighted by Gasteiger charge is -2.40. The van der Waals surface area contributed by atoms with Crippen LogP contribution in [0.4, 0.5) is 0 Å². The van der Waals surface area contributed by atoms with Gasteiger partial charge in [0.25, 0.3) is 0 Å². The monoisotopic (exact) mass is 758 g/mol. The molecular formula is C44H87NO8. The molecule has 1 fully saturated rings. The minimum Gasteiger partial charge on any atom is -0.394 e. The Morgan fingerprint density at radius 1 is 0.566 bits per heavy atom. The third kappa shape index (κ3) is 26.6. The highest BCUT2D eigenvalue weighted by Crippen LogP contribution is 2.23. The van der Waals surface area contributed by atoms with E-state index in [-0.39, 0.29) is 12.5 Å². The minimum absolute atomic E-state index is 0.132. The summed E-state index contributed by atoms with van der Waals surface area (Å²) < 4.78 is 11.2. The molecule has 1 aliphatic rings. The molecule has 316 valence electrons. The van der Waals surface area contributed by atoms with E-state index >= 15 is 0 Å². The number of aliphatic hydroxyl groups excluding tert-OH is 5. The molecule has 0 bridgehead atoms. The Kier molecular flexibility index (Phi) is 33.7. The van der Waals surface area contributed by atoms with E-state index in [0.29, 0.717) is 12.8 Å². The van der Waals surface area contributed by atoms with Crippen LogP contribution < -0.4 is 5.32 Å². The van der Waals surface area contributed by atoms with Gasteiger partial charge in [-0.2, -0.15) is 0 Å². The Morgan fingerprint density at radius 3 is 1.34 bits per heavy atom. The molecule has 1 heterocycles. The van der Waals surface area contributed by atoms with E-state index in [9.17, 15) is 30.3 Å². The Bertz CT molecular complexity index is 801. The van der Waals surface area contributed by atoms with E-state index in [2.05, 4.69) is 19.2 Å². The van der Waals surface area contributed by atoms with Crippen LogP contribution in [0.3, 0.4) is 0 Å². The SMILES string of the molecule is CCCCCCCCCCCCCCCCCCCC(O)C(COC1OC(CO)C(O)C(O)C1O)NC(=O)CCCCCCCCCCCCCCC. The van der Waals surface area contributed by atoms with E-state index < -0.39 is 49.5 Å². The summed E-state index contributed by atoms with van der Waals surface area (Å²) in [5.74, 6) is -0.142. The summed E-state index contributed by atoms with van der Waals surface area (Å²) in [6, 6.07) is -0.710. The maximum Gasteiger partial charge on any atom is 0.220 e. The number of rotatable bonds is 38. The molecule has 0 radical (unpaired) electrons. The second kappa shape index (κ2) is 35.6. The highest BCUT2D eigenvalue weighted by molar-refractivity contribution is 5.76. The molecule has 7 unspecified atom stereocenters. The average molecular weight is 758 g/mol. The van der Waals surface area contributed by atoms with Crippen molar-refractivity contribution in [3.05, 3.63) is 0 Å². The largest absolute Gasteiger partial charge is 0.394 e. The number of nitrogens with one attached hydrogen (secondary N) is 1. The van der Waals surface area contributed by atoms with Crippen molar-refractivity contribution in [2.45, 2.75) is 262 Å². The molecule has 7 atom stereocenters. The summed E-state index contributed by atoms with van der Waals surface area (Å²) in [7, 11) is 0. The zero-order valence-corrected chi connectivity index (χ0v) is 34.5. The summed E-state index contributed by atoms with van der Waals surface area (Å²) in [6.07, 6.45) is 31.0. The smallest absolute Gasteiger partial charge is 0.220 e. The first kappa shape index (κ1) is 50.2. The number of ether oxygens (including phenoxy) is 2. The van der Waals surface area contributed by atoms with Gasteiger partial charge in [0.1, 0.15) is 24.4 Å². The number of carbonyl (C=O) groups is 1. The summed E-state index contributed by atoms with van der Waals surface area (Å²) in [4.78, 5) is 12.9. The van der Waals surface area contributed by atoms with Crippen molar-refractivity contribution in [3.63, 3.8) is 0 Å². The Balaban J connectivity index is 2.32. The fourth-order valence-electron chi connectivity index (χ4n) is 7.51. The quantitative estimate of drug-likeness (QED) is 0.0342. The van der Waals surface area contributed by atoms with Gasteiger partial charge in [-0.3, -0.25) is 4.79 Å². The van der Waals surface area contributed by atoms with Gasteiger partial charge in [-0.05, 0) is 12.8 Å². The maximum absolute atomic E-state index is 12.9. The summed E-state index contributed by atoms with van der Waals surface area (Å²) in [5.41, 5.74) is 0. The lowest BCUT2D eigenvalue weighted by Crippen LogP contribution is -2.60. The Hall–Kier alpha value is -0.810. The molecule has 0 aromatic rings. The molecule has 1 amide bonds. The fourth-order valence-corrected chi connectivity index (χ4v) is 7.51. The van der Waals surface area contributed by atoms with Crippen molar-refractivity contribution in [2.75, 3.05) is 13.2 Å². The fraction of sp³-hybridized carbons (Fsp3) is 0.977. The van der Waals surface area contributed by atoms with Gasteiger partial charge in [-0.1, -0.05) is 200 Å². The minimum atomic E-state index is -1.55. The van der Waals surface area contributed by atoms with Crippen molar-refractivity contribution < 1.29 is 39.8 Å². The van der Waals surface area contributed by atoms with Crippen molar-refractivity contribution in [1.82, 2.24) is 5.32 Å². The Morgan fingerprint density at radius 2 is 0.943 bits per heavy atom. The van der Waals surface area contributed by atoms with Crippen LogP contribution in [0.25, 0.3) is 0 Å². The van der Waals surface area contributed by atoms with E-state index in [1.54, 1.807) is 0 Å². The predicted octanol–water partition coefficient (Wildman–Crippen LogP) is 9.17. The molecule has 0 spiro atoms. The molecule has 0 aliphatic carbocycles. The van der Waals surface area contributed by atoms with Gasteiger partial charge in [-0.15, -0.1) is 0 Å². The molecule has 0 saturated carbocycles. The molecule has 0 aromatic heterocycles. The first-order chi connectivity index (χ1) is 25.8. The van der Waals surface area contributed by atoms with Crippen LogP contribution >= 0.6 is 0 Å². The maximum atomic E-state index is 12.9. The highest BCUT2D eigenvalue weighted by Gasteiger charge is 2.44. The van der Waals surface area contributed by atoms with Gasteiger partial charge in [0, 0.05) is 6.42 Å². The average Bonchev–Trinajstić information content (AvgIpc) is 3.16. The molecule has 9 nitrogen and oxygen atoms in total. The predicted molar refractivity (Wildman–Crippen MR) is 217 cm³/mol. The van der Waals surface area contributed by atoms with Crippen LogP contribution in [0.1, 0.15) is 219 Å². The number of hydrogen-bond donors (Lipinski definition) is 6. The lowest BCUT2D eigenvalue weighted by atomic mass is 9.99. The van der Waals surface area contributed by atoms with Crippen LogP contribution in [0.2, 0.25) is 0 Å². The van der Waals surface area contributed by atoms with Gasteiger partial charge in [0.2, 0.25) is 5.91 Å². The first-order valence-corrected chi connectivity index (χ1v) is 22.7. The highest BCUT2D eigenvalue weighted by atomic mass is 16.7. The zero-order chi connectivity index (χ0) is 38.8. The zero-order valence-electron chi connectivity index (χ0n) is 34.5. The van der Waals surface area contributed by atoms with E-state index in [1.807, 2.05) is 0 Å². The molecular weight excluding hydrogens is 670 g/mol. The van der Waals surface area contributed by atoms with Crippen molar-refractivity contribution in [1.29, 1.82) is 0 Å². The third-order valence-electron chi connectivity index (χ3n) is 11.2. The number of aliphatic hydroxyl groups is 5. The van der Waals surface area contributed by atoms with Crippen LogP contribution in [-0.4, -0.2) is 87.5 Å². The molecule has 6 N–H and O–H groups in total. The number of unbranched alkanes of at least 4 members (excludes halogenated alkanes) is 28. The topological polar surface area (TPSA) is 149 Å². The van der Waals surface area contributed by atoms with Gasteiger partial charge >= 0.3 is 0 Å². The molecule has 9 heteroatoms. The third-order valence-corrected chi connectivity index (χ3v) is 11.2. The van der Waals surface area contributed by atoms with Crippen LogP contribution in [0, 0.1) is 0 Å². The standard InChI is InChI=1S/C44H87NO8/c1-3-5-7-9-11-13-15-17-18-19-20-22-23-25-27-29-31-33-38(47)37(36-52-44-43(51)42(50)41(49)39(35-46)53-44)45-40(48)34-32-30-28-26-24-21-16-14-12-10-8-6-4-2/h37-39,41-44,46-47,49-51H,3-36H2,1-2H3,(H,45,48). The second-order valence-corrected chi connectivity index (χ2v) is 16.2. The van der Waals surface area contributed by atoms with Crippen molar-refractivity contribution in [2.24, 2.45) is 0 Å². The van der Waals surface area contributed by atoms with Crippen LogP contribution in [0.5, 0.6) is 0 Å². The number of carbonyl (C=O) groups excluding carboxylic acids is 1. The van der Waals surface area contributed by atoms with E-state index in [0.717, 1.165) is 38.5 Å². The number of hydrogen-bond acceptors (Lipinski definition) is 8. The number of amides is 1. The van der Waals surface area contributed by atoms with Gasteiger partial charge in [0.05, 0.1) is 25.4 Å². The summed E-state index contributed by atoms with van der Waals surface area (Å²) in [6.45, 7) is 3.84. The van der Waals surface area contributed by atoms with Gasteiger partial charge < -0.3 is 40.3 Å². The molecule has 1 aliphatic heterocycles. The summed E-state index contributed by atoms with van der Waals surface area (Å²) >= 11 is 0. The lowest BCUT2D eigenvalue weighted by molar-refractivity contribution is -0.302. The normalized spacial score (nSPS) is 21.5. The van der Waals surface area contributed by atoms with Gasteiger partial charge in [0.15, 0.2) is 6.29 Å². The molecule has 53 heavy (non-hydrogen) atoms. The Labute approximate surface area is 325 Å². The van der Waals surface area contributed by atoms with Crippen LogP contribution in [0.15, 0.2) is 0 Å². The van der Waals surface area contributed by atoms with Crippen molar-refractivity contribution >= 4 is 5.91 Å². The van der Waals surface area contributed by atoms with Gasteiger partial charge in [-0.25, -0.2) is 0 Å². The molecule has 0 aromatic carbocycles. The van der Waals surface area contributed by atoms with Crippen molar-refractivity contribution in [3.8, 4) is 0 Å². The molecule has 1 rings (SSSR count). The van der Waals surface area contributed by atoms with E-state index in [1.165, 1.54) is 154 Å². The second-order valence-electron chi connectivity index (χ2n) is 16.2.